The van der Waals surface area contributed by atoms with Gasteiger partial charge in [0.2, 0.25) is 0 Å². The Bertz CT molecular complexity index is 2230. The van der Waals surface area contributed by atoms with Crippen LogP contribution in [0.25, 0.3) is 11.3 Å². The largest absolute Gasteiger partial charge is 0.508 e. The van der Waals surface area contributed by atoms with Gasteiger partial charge in [-0.25, -0.2) is 4.98 Å². The Morgan fingerprint density at radius 1 is 0.927 bits per heavy atom. The number of carbonyl (C=O) groups excluding carboxylic acids is 2. The number of rotatable bonds is 9. The van der Waals surface area contributed by atoms with Gasteiger partial charge in [-0.15, -0.1) is 0 Å². The van der Waals surface area contributed by atoms with Crippen LogP contribution in [0.15, 0.2) is 85.1 Å². The predicted octanol–water partition coefficient (Wildman–Crippen LogP) is 6.46. The Kier molecular flexibility index (Phi) is 10.4. The second kappa shape index (κ2) is 15.5. The molecule has 0 unspecified atom stereocenters. The molecule has 1 saturated heterocycles. The predicted molar refractivity (Wildman–Crippen MR) is 213 cm³/mol. The lowest BCUT2D eigenvalue weighted by Gasteiger charge is -2.40. The molecule has 3 aromatic carbocycles. The summed E-state index contributed by atoms with van der Waals surface area (Å²) in [5.74, 6) is 0.586. The topological polar surface area (TPSA) is 104 Å². The number of phenols is 1. The minimum Gasteiger partial charge on any atom is -0.508 e. The molecule has 1 atom stereocenters. The van der Waals surface area contributed by atoms with Crippen LogP contribution in [0.4, 0.5) is 17.2 Å². The molecule has 1 fully saturated rings. The van der Waals surface area contributed by atoms with Crippen LogP contribution in [-0.4, -0.2) is 95.9 Å². The normalized spacial score (nSPS) is 16.9. The van der Waals surface area contributed by atoms with Crippen molar-refractivity contribution in [2.24, 2.45) is 7.05 Å². The molecule has 5 heterocycles. The van der Waals surface area contributed by atoms with Gasteiger partial charge in [0.15, 0.2) is 0 Å². The van der Waals surface area contributed by atoms with Crippen LogP contribution in [0.5, 0.6) is 5.75 Å². The lowest BCUT2D eigenvalue weighted by atomic mass is 9.92. The van der Waals surface area contributed by atoms with Gasteiger partial charge in [-0.3, -0.25) is 19.4 Å². The van der Waals surface area contributed by atoms with Crippen LogP contribution >= 0.6 is 11.6 Å². The third-order valence-electron chi connectivity index (χ3n) is 11.1. The number of carbonyl (C=O) groups is 2. The van der Waals surface area contributed by atoms with E-state index < -0.39 is 0 Å². The van der Waals surface area contributed by atoms with Gasteiger partial charge in [-0.2, -0.15) is 0 Å². The maximum atomic E-state index is 15.0. The van der Waals surface area contributed by atoms with Crippen molar-refractivity contribution in [3.05, 3.63) is 124 Å². The maximum absolute atomic E-state index is 15.0. The molecular formula is C43H45ClN6O5. The van der Waals surface area contributed by atoms with E-state index in [1.165, 1.54) is 5.56 Å². The number of aromatic hydroxyl groups is 1. The summed E-state index contributed by atoms with van der Waals surface area (Å²) in [6, 6.07) is 24.1. The van der Waals surface area contributed by atoms with Crippen LogP contribution in [0, 0.1) is 0 Å². The van der Waals surface area contributed by atoms with Crippen molar-refractivity contribution in [2.45, 2.75) is 32.0 Å². The molecule has 55 heavy (non-hydrogen) atoms. The van der Waals surface area contributed by atoms with Gasteiger partial charge in [-0.05, 0) is 84.1 Å². The van der Waals surface area contributed by atoms with E-state index in [4.69, 9.17) is 26.1 Å². The summed E-state index contributed by atoms with van der Waals surface area (Å²) in [4.78, 5) is 42.8. The summed E-state index contributed by atoms with van der Waals surface area (Å²) < 4.78 is 13.2. The molecular weight excluding hydrogens is 716 g/mol. The van der Waals surface area contributed by atoms with Gasteiger partial charge in [0.25, 0.3) is 11.8 Å². The van der Waals surface area contributed by atoms with E-state index in [2.05, 4.69) is 28.0 Å². The number of fused-ring (bicyclic) bond motifs is 2. The maximum Gasteiger partial charge on any atom is 0.264 e. The molecule has 0 saturated carbocycles. The average molecular weight is 761 g/mol. The molecule has 284 valence electrons. The minimum absolute atomic E-state index is 0.0433. The number of ether oxygens (including phenoxy) is 2. The quantitative estimate of drug-likeness (QED) is 0.183. The van der Waals surface area contributed by atoms with Gasteiger partial charge in [0, 0.05) is 87.5 Å². The summed E-state index contributed by atoms with van der Waals surface area (Å²) in [5, 5.41) is 10.6. The fraction of sp³-hybridized carbons (Fsp3) is 0.326. The van der Waals surface area contributed by atoms with Crippen molar-refractivity contribution in [1.29, 1.82) is 0 Å². The molecule has 0 spiro atoms. The number of anilines is 3. The Morgan fingerprint density at radius 3 is 2.45 bits per heavy atom. The van der Waals surface area contributed by atoms with Crippen LogP contribution in [0.1, 0.15) is 43.1 Å². The third-order valence-corrected chi connectivity index (χ3v) is 11.4. The Balaban J connectivity index is 1.20. The monoisotopic (exact) mass is 760 g/mol. The molecule has 0 radical (unpaired) electrons. The van der Waals surface area contributed by atoms with E-state index in [-0.39, 0.29) is 30.2 Å². The molecule has 1 N–H and O–H groups in total. The number of morpholine rings is 1. The summed E-state index contributed by atoms with van der Waals surface area (Å²) in [5.41, 5.74) is 7.45. The average Bonchev–Trinajstić information content (AvgIpc) is 3.73. The number of methoxy groups -OCH3 is 1. The molecule has 3 aliphatic rings. The highest BCUT2D eigenvalue weighted by Crippen LogP contribution is 2.38. The van der Waals surface area contributed by atoms with E-state index in [9.17, 15) is 9.90 Å². The highest BCUT2D eigenvalue weighted by atomic mass is 35.5. The summed E-state index contributed by atoms with van der Waals surface area (Å²) in [6.07, 6.45) is 3.28. The number of amides is 2. The number of hydrogen-bond acceptors (Lipinski definition) is 8. The van der Waals surface area contributed by atoms with Gasteiger partial charge in [0.1, 0.15) is 11.6 Å². The minimum atomic E-state index is -0.305. The SMILES string of the molecule is COCc1c(C(=O)N(c2ccc(O)cc2)c2cnc3c(c2)CCN3C)cc(-c2cc(Cl)ccc2C(=O)N2Cc3ccccc3C[C@H]2CN2CCOCC2)n1C. The number of likely N-dealkylation sites (N-methyl/N-ethyl adjacent to an activating group) is 1. The van der Waals surface area contributed by atoms with Crippen LogP contribution in [-0.2, 0) is 42.5 Å². The van der Waals surface area contributed by atoms with Gasteiger partial charge in [-0.1, -0.05) is 35.9 Å². The van der Waals surface area contributed by atoms with Crippen molar-refractivity contribution in [1.82, 2.24) is 19.4 Å². The molecule has 11 nitrogen and oxygen atoms in total. The molecule has 12 heteroatoms. The number of pyridine rings is 1. The molecule has 8 rings (SSSR count). The van der Waals surface area contributed by atoms with E-state index in [1.807, 2.05) is 47.8 Å². The fourth-order valence-corrected chi connectivity index (χ4v) is 8.35. The first-order valence-corrected chi connectivity index (χ1v) is 19.1. The molecule has 0 aliphatic carbocycles. The summed E-state index contributed by atoms with van der Waals surface area (Å²) >= 11 is 6.70. The second-order valence-corrected chi connectivity index (χ2v) is 15.0. The smallest absolute Gasteiger partial charge is 0.264 e. The number of benzene rings is 3. The van der Waals surface area contributed by atoms with E-state index in [0.717, 1.165) is 56.0 Å². The molecule has 5 aromatic rings. The number of aromatic nitrogens is 2. The van der Waals surface area contributed by atoms with Crippen molar-refractivity contribution >= 4 is 40.6 Å². The van der Waals surface area contributed by atoms with Gasteiger partial charge < -0.3 is 28.9 Å². The summed E-state index contributed by atoms with van der Waals surface area (Å²) in [7, 11) is 5.48. The van der Waals surface area contributed by atoms with E-state index in [0.29, 0.717) is 64.2 Å². The van der Waals surface area contributed by atoms with Crippen LogP contribution < -0.4 is 9.80 Å². The first-order chi connectivity index (χ1) is 26.7. The number of phenolic OH excluding ortho intramolecular Hbond substituents is 1. The highest BCUT2D eigenvalue weighted by Gasteiger charge is 2.35. The van der Waals surface area contributed by atoms with E-state index >= 15 is 4.79 Å². The first kappa shape index (κ1) is 36.8. The number of hydrogen-bond donors (Lipinski definition) is 1. The van der Waals surface area contributed by atoms with Crippen LogP contribution in [0.2, 0.25) is 5.02 Å². The van der Waals surface area contributed by atoms with Crippen molar-refractivity contribution < 1.29 is 24.2 Å². The van der Waals surface area contributed by atoms with Gasteiger partial charge >= 0.3 is 0 Å². The number of nitrogens with zero attached hydrogens (tertiary/aromatic N) is 6. The Morgan fingerprint density at radius 2 is 1.69 bits per heavy atom. The van der Waals surface area contributed by atoms with Crippen molar-refractivity contribution in [3.63, 3.8) is 0 Å². The standard InChI is InChI=1S/C43H45ClN6O5/c1-46-15-14-29-21-33(24-45-41(29)46)50(32-9-11-35(51)12-10-32)43(53)38-23-39(47(2)40(38)27-54-3)37-22-31(44)8-13-36(37)42(52)49-25-30-7-5-4-6-28(30)20-34(49)26-48-16-18-55-19-17-48/h4-13,21-24,34,51H,14-20,25-27H2,1-3H3/t34-/m0/s1. The Hall–Kier alpha value is -5.20. The number of halogens is 1. The van der Waals surface area contributed by atoms with Gasteiger partial charge in [0.05, 0.1) is 43.0 Å². The molecule has 2 aromatic heterocycles. The zero-order chi connectivity index (χ0) is 38.2. The third kappa shape index (κ3) is 7.20. The second-order valence-electron chi connectivity index (χ2n) is 14.5. The fourth-order valence-electron chi connectivity index (χ4n) is 8.18. The summed E-state index contributed by atoms with van der Waals surface area (Å²) in [6.45, 7) is 5.24. The lowest BCUT2D eigenvalue weighted by Crippen LogP contribution is -2.52. The zero-order valence-electron chi connectivity index (χ0n) is 31.4. The van der Waals surface area contributed by atoms with E-state index in [1.54, 1.807) is 54.6 Å². The lowest BCUT2D eigenvalue weighted by molar-refractivity contribution is 0.0193. The van der Waals surface area contributed by atoms with Crippen molar-refractivity contribution in [3.8, 4) is 17.0 Å². The Labute approximate surface area is 326 Å². The zero-order valence-corrected chi connectivity index (χ0v) is 32.1. The van der Waals surface area contributed by atoms with Crippen LogP contribution in [0.3, 0.4) is 0 Å². The first-order valence-electron chi connectivity index (χ1n) is 18.7. The molecule has 0 bridgehead atoms. The highest BCUT2D eigenvalue weighted by molar-refractivity contribution is 6.31. The molecule has 2 amide bonds. The van der Waals surface area contributed by atoms with Crippen molar-refractivity contribution in [2.75, 3.05) is 63.4 Å². The molecule has 3 aliphatic heterocycles.